The Hall–Kier alpha value is -1.40. The Labute approximate surface area is 113 Å². The number of benzene rings is 1. The third kappa shape index (κ3) is 2.96. The molecule has 19 heavy (non-hydrogen) atoms. The molecule has 1 saturated heterocycles. The molecule has 2 atom stereocenters. The summed E-state index contributed by atoms with van der Waals surface area (Å²) in [5.41, 5.74) is 0.368. The smallest absolute Gasteiger partial charge is 0.254 e. The van der Waals surface area contributed by atoms with E-state index in [2.05, 4.69) is 6.92 Å². The second kappa shape index (κ2) is 4.94. The summed E-state index contributed by atoms with van der Waals surface area (Å²) in [6.07, 6.45) is 0.973. The molecule has 1 fully saturated rings. The standard InChI is InChI=1S/C13H18N2O3S/c1-9-6-10(2)15(8-9)13(16)11-4-3-5-12(7-11)19(14,17)18/h3-5,7,9-10H,6,8H2,1-2H3,(H2,14,17,18). The second-order valence-electron chi connectivity index (χ2n) is 5.22. The van der Waals surface area contributed by atoms with E-state index in [1.165, 1.54) is 18.2 Å². The van der Waals surface area contributed by atoms with Gasteiger partial charge in [-0.3, -0.25) is 4.79 Å². The minimum atomic E-state index is -3.78. The van der Waals surface area contributed by atoms with Gasteiger partial charge in [-0.1, -0.05) is 13.0 Å². The van der Waals surface area contributed by atoms with Gasteiger partial charge in [0, 0.05) is 18.2 Å². The van der Waals surface area contributed by atoms with E-state index in [9.17, 15) is 13.2 Å². The van der Waals surface area contributed by atoms with Gasteiger partial charge >= 0.3 is 0 Å². The van der Waals surface area contributed by atoms with Gasteiger partial charge in [0.15, 0.2) is 0 Å². The summed E-state index contributed by atoms with van der Waals surface area (Å²) in [4.78, 5) is 14.1. The fraction of sp³-hybridized carbons (Fsp3) is 0.462. The zero-order valence-corrected chi connectivity index (χ0v) is 11.9. The largest absolute Gasteiger partial charge is 0.336 e. The van der Waals surface area contributed by atoms with Crippen LogP contribution in [0.4, 0.5) is 0 Å². The lowest BCUT2D eigenvalue weighted by Gasteiger charge is -2.21. The number of nitrogens with two attached hydrogens (primary N) is 1. The van der Waals surface area contributed by atoms with E-state index in [0.29, 0.717) is 18.0 Å². The number of rotatable bonds is 2. The van der Waals surface area contributed by atoms with Gasteiger partial charge in [-0.05, 0) is 37.5 Å². The highest BCUT2D eigenvalue weighted by atomic mass is 32.2. The Morgan fingerprint density at radius 3 is 2.58 bits per heavy atom. The van der Waals surface area contributed by atoms with Crippen LogP contribution in [-0.2, 0) is 10.0 Å². The van der Waals surface area contributed by atoms with Crippen LogP contribution in [0.25, 0.3) is 0 Å². The monoisotopic (exact) mass is 282 g/mol. The predicted molar refractivity (Wildman–Crippen MR) is 72.1 cm³/mol. The summed E-state index contributed by atoms with van der Waals surface area (Å²) in [7, 11) is -3.78. The van der Waals surface area contributed by atoms with Crippen molar-refractivity contribution in [2.24, 2.45) is 11.1 Å². The fourth-order valence-corrected chi connectivity index (χ4v) is 3.11. The summed E-state index contributed by atoms with van der Waals surface area (Å²) in [6, 6.07) is 6.07. The molecule has 6 heteroatoms. The highest BCUT2D eigenvalue weighted by molar-refractivity contribution is 7.89. The molecule has 0 bridgehead atoms. The molecule has 1 aromatic rings. The second-order valence-corrected chi connectivity index (χ2v) is 6.78. The number of sulfonamides is 1. The molecule has 1 heterocycles. The molecule has 1 aliphatic heterocycles. The Balaban J connectivity index is 2.30. The van der Waals surface area contributed by atoms with Gasteiger partial charge in [0.25, 0.3) is 5.91 Å². The Morgan fingerprint density at radius 1 is 1.37 bits per heavy atom. The lowest BCUT2D eigenvalue weighted by atomic mass is 10.1. The van der Waals surface area contributed by atoms with Crippen molar-refractivity contribution in [2.45, 2.75) is 31.2 Å². The van der Waals surface area contributed by atoms with Gasteiger partial charge in [0.2, 0.25) is 10.0 Å². The van der Waals surface area contributed by atoms with Crippen LogP contribution in [0.15, 0.2) is 29.2 Å². The van der Waals surface area contributed by atoms with Crippen LogP contribution in [0.1, 0.15) is 30.6 Å². The zero-order chi connectivity index (χ0) is 14.2. The maximum absolute atomic E-state index is 12.4. The molecular formula is C13H18N2O3S. The highest BCUT2D eigenvalue weighted by Gasteiger charge is 2.30. The summed E-state index contributed by atoms with van der Waals surface area (Å²) in [5.74, 6) is 0.336. The van der Waals surface area contributed by atoms with E-state index in [-0.39, 0.29) is 16.8 Å². The number of likely N-dealkylation sites (tertiary alicyclic amines) is 1. The van der Waals surface area contributed by atoms with Gasteiger partial charge in [0.05, 0.1) is 4.90 Å². The Kier molecular flexibility index (Phi) is 3.64. The Morgan fingerprint density at radius 2 is 2.05 bits per heavy atom. The van der Waals surface area contributed by atoms with Crippen LogP contribution in [0.3, 0.4) is 0 Å². The number of carbonyl (C=O) groups is 1. The van der Waals surface area contributed by atoms with Crippen molar-refractivity contribution >= 4 is 15.9 Å². The van der Waals surface area contributed by atoms with E-state index >= 15 is 0 Å². The van der Waals surface area contributed by atoms with E-state index in [0.717, 1.165) is 6.42 Å². The first-order chi connectivity index (χ1) is 8.79. The molecular weight excluding hydrogens is 264 g/mol. The van der Waals surface area contributed by atoms with E-state index in [1.807, 2.05) is 6.92 Å². The van der Waals surface area contributed by atoms with Crippen LogP contribution in [0, 0.1) is 5.92 Å². The summed E-state index contributed by atoms with van der Waals surface area (Å²) >= 11 is 0. The zero-order valence-electron chi connectivity index (χ0n) is 11.0. The number of hydrogen-bond acceptors (Lipinski definition) is 3. The van der Waals surface area contributed by atoms with Gasteiger partial charge in [0.1, 0.15) is 0 Å². The first-order valence-electron chi connectivity index (χ1n) is 6.23. The van der Waals surface area contributed by atoms with Crippen LogP contribution < -0.4 is 5.14 Å². The predicted octanol–water partition coefficient (Wildman–Crippen LogP) is 1.20. The van der Waals surface area contributed by atoms with E-state index in [1.54, 1.807) is 11.0 Å². The van der Waals surface area contributed by atoms with Crippen LogP contribution in [0.5, 0.6) is 0 Å². The number of primary sulfonamides is 1. The molecule has 5 nitrogen and oxygen atoms in total. The topological polar surface area (TPSA) is 80.5 Å². The molecule has 2 unspecified atom stereocenters. The first-order valence-corrected chi connectivity index (χ1v) is 7.77. The normalized spacial score (nSPS) is 23.6. The van der Waals surface area contributed by atoms with Gasteiger partial charge in [-0.2, -0.15) is 0 Å². The summed E-state index contributed by atoms with van der Waals surface area (Å²) in [6.45, 7) is 4.81. The van der Waals surface area contributed by atoms with Gasteiger partial charge in [-0.15, -0.1) is 0 Å². The van der Waals surface area contributed by atoms with Crippen molar-refractivity contribution < 1.29 is 13.2 Å². The quantitative estimate of drug-likeness (QED) is 0.885. The number of carbonyl (C=O) groups excluding carboxylic acids is 1. The molecule has 2 rings (SSSR count). The lowest BCUT2D eigenvalue weighted by molar-refractivity contribution is 0.0743. The average molecular weight is 282 g/mol. The maximum atomic E-state index is 12.4. The van der Waals surface area contributed by atoms with Gasteiger partial charge in [-0.25, -0.2) is 13.6 Å². The lowest BCUT2D eigenvalue weighted by Crippen LogP contribution is -2.34. The maximum Gasteiger partial charge on any atom is 0.254 e. The molecule has 0 aliphatic carbocycles. The molecule has 0 aromatic heterocycles. The molecule has 1 amide bonds. The van der Waals surface area contributed by atoms with Gasteiger partial charge < -0.3 is 4.90 Å². The molecule has 0 spiro atoms. The Bertz CT molecular complexity index is 598. The van der Waals surface area contributed by atoms with Crippen LogP contribution >= 0.6 is 0 Å². The molecule has 0 radical (unpaired) electrons. The fourth-order valence-electron chi connectivity index (χ4n) is 2.55. The van der Waals surface area contributed by atoms with Crippen LogP contribution in [0.2, 0.25) is 0 Å². The average Bonchev–Trinajstić information content (AvgIpc) is 2.66. The molecule has 104 valence electrons. The number of hydrogen-bond donors (Lipinski definition) is 1. The molecule has 0 saturated carbocycles. The molecule has 1 aromatic carbocycles. The minimum absolute atomic E-state index is 0.0294. The summed E-state index contributed by atoms with van der Waals surface area (Å²) < 4.78 is 22.6. The van der Waals surface area contributed by atoms with Crippen LogP contribution in [-0.4, -0.2) is 31.8 Å². The third-order valence-corrected chi connectivity index (χ3v) is 4.37. The van der Waals surface area contributed by atoms with Crippen molar-refractivity contribution in [2.75, 3.05) is 6.54 Å². The highest BCUT2D eigenvalue weighted by Crippen LogP contribution is 2.24. The number of amides is 1. The molecule has 1 aliphatic rings. The van der Waals surface area contributed by atoms with Crippen molar-refractivity contribution in [3.63, 3.8) is 0 Å². The van der Waals surface area contributed by atoms with E-state index in [4.69, 9.17) is 5.14 Å². The van der Waals surface area contributed by atoms with Crippen molar-refractivity contribution in [3.05, 3.63) is 29.8 Å². The third-order valence-electron chi connectivity index (χ3n) is 3.45. The number of nitrogens with zero attached hydrogens (tertiary/aromatic N) is 1. The van der Waals surface area contributed by atoms with E-state index < -0.39 is 10.0 Å². The van der Waals surface area contributed by atoms with Crippen molar-refractivity contribution in [1.29, 1.82) is 0 Å². The SMILES string of the molecule is CC1CC(C)N(C(=O)c2cccc(S(N)(=O)=O)c2)C1. The molecule has 2 N–H and O–H groups in total. The first kappa shape index (κ1) is 14.0. The van der Waals surface area contributed by atoms with Crippen molar-refractivity contribution in [3.8, 4) is 0 Å². The summed E-state index contributed by atoms with van der Waals surface area (Å²) in [5, 5.41) is 5.08. The minimum Gasteiger partial charge on any atom is -0.336 e. The van der Waals surface area contributed by atoms with Crippen molar-refractivity contribution in [1.82, 2.24) is 4.90 Å².